The van der Waals surface area contributed by atoms with Gasteiger partial charge in [0.2, 0.25) is 0 Å². The molecule has 0 heterocycles. The van der Waals surface area contributed by atoms with E-state index in [1.165, 1.54) is 23.1 Å². The Bertz CT molecular complexity index is 482. The molecule has 1 fully saturated rings. The molecule has 0 atom stereocenters. The highest BCUT2D eigenvalue weighted by Gasteiger charge is 2.41. The highest BCUT2D eigenvalue weighted by Crippen LogP contribution is 2.42. The number of aliphatic carboxylic acids is 1. The SMILES string of the molecule is CCC1CCC(Cc2ccc(C)c(C)c2)(C(=O)O)CC1. The predicted octanol–water partition coefficient (Wildman–Crippen LogP) is 4.52. The number of hydrogen-bond acceptors (Lipinski definition) is 1. The van der Waals surface area contributed by atoms with Gasteiger partial charge in [-0.2, -0.15) is 0 Å². The van der Waals surface area contributed by atoms with Gasteiger partial charge in [0.1, 0.15) is 0 Å². The van der Waals surface area contributed by atoms with Crippen molar-refractivity contribution in [2.45, 2.75) is 59.3 Å². The van der Waals surface area contributed by atoms with Crippen LogP contribution in [0.25, 0.3) is 0 Å². The lowest BCUT2D eigenvalue weighted by Gasteiger charge is -2.37. The predicted molar refractivity (Wildman–Crippen MR) is 81.9 cm³/mol. The van der Waals surface area contributed by atoms with E-state index < -0.39 is 11.4 Å². The van der Waals surface area contributed by atoms with Crippen molar-refractivity contribution in [2.24, 2.45) is 11.3 Å². The molecule has 0 aliphatic heterocycles. The summed E-state index contributed by atoms with van der Waals surface area (Å²) in [6.07, 6.45) is 5.64. The van der Waals surface area contributed by atoms with Crippen LogP contribution in [-0.4, -0.2) is 11.1 Å². The van der Waals surface area contributed by atoms with Gasteiger partial charge in [-0.3, -0.25) is 4.79 Å². The number of rotatable bonds is 4. The van der Waals surface area contributed by atoms with Crippen LogP contribution in [0.2, 0.25) is 0 Å². The Balaban J connectivity index is 2.17. The lowest BCUT2D eigenvalue weighted by molar-refractivity contribution is -0.151. The van der Waals surface area contributed by atoms with Crippen molar-refractivity contribution in [1.82, 2.24) is 0 Å². The van der Waals surface area contributed by atoms with Crippen LogP contribution in [0.1, 0.15) is 55.7 Å². The maximum Gasteiger partial charge on any atom is 0.309 e. The fourth-order valence-corrected chi connectivity index (χ4v) is 3.41. The first-order chi connectivity index (χ1) is 9.47. The maximum absolute atomic E-state index is 11.8. The van der Waals surface area contributed by atoms with E-state index in [-0.39, 0.29) is 0 Å². The van der Waals surface area contributed by atoms with E-state index in [1.807, 2.05) is 0 Å². The zero-order valence-electron chi connectivity index (χ0n) is 12.9. The number of aryl methyl sites for hydroxylation is 2. The summed E-state index contributed by atoms with van der Waals surface area (Å²) in [6.45, 7) is 6.40. The number of hydrogen-bond donors (Lipinski definition) is 1. The first kappa shape index (κ1) is 15.1. The van der Waals surface area contributed by atoms with Crippen LogP contribution in [-0.2, 0) is 11.2 Å². The van der Waals surface area contributed by atoms with E-state index in [4.69, 9.17) is 0 Å². The molecule has 1 aromatic carbocycles. The maximum atomic E-state index is 11.8. The molecular formula is C18H26O2. The molecule has 0 aromatic heterocycles. The first-order valence-corrected chi connectivity index (χ1v) is 7.76. The Morgan fingerprint density at radius 3 is 2.40 bits per heavy atom. The quantitative estimate of drug-likeness (QED) is 0.876. The minimum Gasteiger partial charge on any atom is -0.481 e. The third-order valence-corrected chi connectivity index (χ3v) is 5.21. The summed E-state index contributed by atoms with van der Waals surface area (Å²) in [6, 6.07) is 6.36. The largest absolute Gasteiger partial charge is 0.481 e. The molecule has 0 bridgehead atoms. The summed E-state index contributed by atoms with van der Waals surface area (Å²) < 4.78 is 0. The minimum absolute atomic E-state index is 0.534. The normalized spacial score (nSPS) is 26.4. The summed E-state index contributed by atoms with van der Waals surface area (Å²) >= 11 is 0. The molecule has 0 saturated heterocycles. The molecule has 1 aliphatic rings. The Morgan fingerprint density at radius 2 is 1.90 bits per heavy atom. The van der Waals surface area contributed by atoms with E-state index in [1.54, 1.807) is 0 Å². The van der Waals surface area contributed by atoms with E-state index in [2.05, 4.69) is 39.0 Å². The molecule has 0 amide bonds. The average molecular weight is 274 g/mol. The van der Waals surface area contributed by atoms with Gasteiger partial charge in [0.05, 0.1) is 5.41 Å². The zero-order valence-corrected chi connectivity index (χ0v) is 12.9. The lowest BCUT2D eigenvalue weighted by Crippen LogP contribution is -2.37. The molecule has 1 aliphatic carbocycles. The van der Waals surface area contributed by atoms with Gasteiger partial charge in [-0.25, -0.2) is 0 Å². The Labute approximate surface area is 122 Å². The van der Waals surface area contributed by atoms with E-state index >= 15 is 0 Å². The standard InChI is InChI=1S/C18H26O2/c1-4-15-7-9-18(10-8-15,17(19)20)12-16-6-5-13(2)14(3)11-16/h5-6,11,15H,4,7-10,12H2,1-3H3,(H,19,20). The van der Waals surface area contributed by atoms with Crippen LogP contribution in [0.15, 0.2) is 18.2 Å². The summed E-state index contributed by atoms with van der Waals surface area (Å²) in [4.78, 5) is 11.8. The molecule has 110 valence electrons. The van der Waals surface area contributed by atoms with Gasteiger partial charge < -0.3 is 5.11 Å². The van der Waals surface area contributed by atoms with Crippen molar-refractivity contribution in [3.8, 4) is 0 Å². The summed E-state index contributed by atoms with van der Waals surface area (Å²) in [7, 11) is 0. The molecule has 2 rings (SSSR count). The summed E-state index contributed by atoms with van der Waals surface area (Å²) in [5.41, 5.74) is 3.16. The third kappa shape index (κ3) is 3.05. The average Bonchev–Trinajstić information content (AvgIpc) is 2.43. The molecule has 2 nitrogen and oxygen atoms in total. The molecule has 0 unspecified atom stereocenters. The van der Waals surface area contributed by atoms with Crippen LogP contribution in [0.5, 0.6) is 0 Å². The van der Waals surface area contributed by atoms with Crippen molar-refractivity contribution in [2.75, 3.05) is 0 Å². The van der Waals surface area contributed by atoms with Crippen molar-refractivity contribution >= 4 is 5.97 Å². The van der Waals surface area contributed by atoms with Gasteiger partial charge in [0.15, 0.2) is 0 Å². The molecule has 1 saturated carbocycles. The highest BCUT2D eigenvalue weighted by molar-refractivity contribution is 5.75. The molecule has 2 heteroatoms. The van der Waals surface area contributed by atoms with E-state index in [0.717, 1.165) is 31.6 Å². The van der Waals surface area contributed by atoms with Crippen molar-refractivity contribution in [3.63, 3.8) is 0 Å². The molecule has 1 aromatic rings. The number of benzene rings is 1. The van der Waals surface area contributed by atoms with Crippen molar-refractivity contribution in [3.05, 3.63) is 34.9 Å². The number of carboxylic acid groups (broad SMARTS) is 1. The second kappa shape index (κ2) is 5.99. The van der Waals surface area contributed by atoms with Gasteiger partial charge in [0.25, 0.3) is 0 Å². The Kier molecular flexibility index (Phi) is 4.52. The first-order valence-electron chi connectivity index (χ1n) is 7.76. The lowest BCUT2D eigenvalue weighted by atomic mass is 9.67. The molecular weight excluding hydrogens is 248 g/mol. The molecule has 0 radical (unpaired) electrons. The van der Waals surface area contributed by atoms with E-state index in [9.17, 15) is 9.90 Å². The van der Waals surface area contributed by atoms with Crippen LogP contribution in [0.4, 0.5) is 0 Å². The zero-order chi connectivity index (χ0) is 14.8. The second-order valence-electron chi connectivity index (χ2n) is 6.53. The highest BCUT2D eigenvalue weighted by atomic mass is 16.4. The van der Waals surface area contributed by atoms with Crippen molar-refractivity contribution in [1.29, 1.82) is 0 Å². The van der Waals surface area contributed by atoms with Gasteiger partial charge in [-0.1, -0.05) is 31.5 Å². The minimum atomic E-state index is -0.606. The van der Waals surface area contributed by atoms with Gasteiger partial charge in [-0.15, -0.1) is 0 Å². The number of carbonyl (C=O) groups is 1. The van der Waals surface area contributed by atoms with Crippen LogP contribution in [0, 0.1) is 25.2 Å². The van der Waals surface area contributed by atoms with Gasteiger partial charge in [0, 0.05) is 0 Å². The Morgan fingerprint density at radius 1 is 1.25 bits per heavy atom. The second-order valence-corrected chi connectivity index (χ2v) is 6.53. The summed E-state index contributed by atoms with van der Waals surface area (Å²) in [5, 5.41) is 9.73. The van der Waals surface area contributed by atoms with Crippen LogP contribution in [0.3, 0.4) is 0 Å². The van der Waals surface area contributed by atoms with E-state index in [0.29, 0.717) is 6.42 Å². The van der Waals surface area contributed by atoms with Gasteiger partial charge >= 0.3 is 5.97 Å². The Hall–Kier alpha value is -1.31. The monoisotopic (exact) mass is 274 g/mol. The number of carboxylic acids is 1. The van der Waals surface area contributed by atoms with Crippen molar-refractivity contribution < 1.29 is 9.90 Å². The van der Waals surface area contributed by atoms with Gasteiger partial charge in [-0.05, 0) is 68.6 Å². The van der Waals surface area contributed by atoms with Crippen LogP contribution < -0.4 is 0 Å². The molecule has 1 N–H and O–H groups in total. The fraction of sp³-hybridized carbons (Fsp3) is 0.611. The summed E-state index contributed by atoms with van der Waals surface area (Å²) in [5.74, 6) is 0.118. The molecule has 20 heavy (non-hydrogen) atoms. The third-order valence-electron chi connectivity index (χ3n) is 5.21. The fourth-order valence-electron chi connectivity index (χ4n) is 3.41. The van der Waals surface area contributed by atoms with Crippen LogP contribution >= 0.6 is 0 Å². The molecule has 0 spiro atoms. The topological polar surface area (TPSA) is 37.3 Å². The smallest absolute Gasteiger partial charge is 0.309 e.